The molecule has 2 atom stereocenters. The van der Waals surface area contributed by atoms with E-state index in [2.05, 4.69) is 6.92 Å². The van der Waals surface area contributed by atoms with E-state index in [0.29, 0.717) is 6.42 Å². The van der Waals surface area contributed by atoms with Crippen LogP contribution >= 0.6 is 0 Å². The molecule has 0 radical (unpaired) electrons. The van der Waals surface area contributed by atoms with Crippen molar-refractivity contribution in [1.82, 2.24) is 0 Å². The van der Waals surface area contributed by atoms with Gasteiger partial charge >= 0.3 is 5.97 Å². The maximum absolute atomic E-state index is 10.3. The fourth-order valence-electron chi connectivity index (χ4n) is 2.54. The smallest absolute Gasteiger partial charge is 0.303 e. The zero-order chi connectivity index (χ0) is 20.0. The molecule has 0 aromatic heterocycles. The number of unbranched alkanes of at least 4 members (excludes halogenated alkanes) is 12. The molecule has 0 amide bonds. The fourth-order valence-corrected chi connectivity index (χ4v) is 2.54. The average molecular weight is 379 g/mol. The lowest BCUT2D eigenvalue weighted by molar-refractivity contribution is -0.137. The predicted octanol–water partition coefficient (Wildman–Crippen LogP) is 3.25. The molecule has 0 heterocycles. The summed E-state index contributed by atoms with van der Waals surface area (Å²) in [5, 5.41) is 41.7. The summed E-state index contributed by atoms with van der Waals surface area (Å²) in [6, 6.07) is 0. The van der Waals surface area contributed by atoms with Gasteiger partial charge in [0.15, 0.2) is 0 Å². The number of aliphatic hydroxyl groups is 4. The second-order valence-corrected chi connectivity index (χ2v) is 6.89. The third kappa shape index (κ3) is 23.3. The molecule has 26 heavy (non-hydrogen) atoms. The highest BCUT2D eigenvalue weighted by Gasteiger charge is 2.12. The minimum atomic E-state index is -1.22. The summed E-state index contributed by atoms with van der Waals surface area (Å²) in [5.41, 5.74) is 0. The number of carbonyl (C=O) groups is 1. The summed E-state index contributed by atoms with van der Waals surface area (Å²) >= 11 is 0. The van der Waals surface area contributed by atoms with Crippen LogP contribution in [0.25, 0.3) is 0 Å². The molecular weight excluding hydrogens is 336 g/mol. The first-order valence-electron chi connectivity index (χ1n) is 10.3. The minimum Gasteiger partial charge on any atom is -0.481 e. The Morgan fingerprint density at radius 3 is 1.23 bits per heavy atom. The van der Waals surface area contributed by atoms with E-state index in [1.807, 2.05) is 0 Å². The van der Waals surface area contributed by atoms with Crippen LogP contribution in [0.4, 0.5) is 0 Å². The Morgan fingerprint density at radius 1 is 0.654 bits per heavy atom. The topological polar surface area (TPSA) is 118 Å². The SMILES string of the molecule is CCCCCCCCCCCCCCCC(=O)O.OCC(O)C(O)CO. The normalized spacial score (nSPS) is 13.0. The predicted molar refractivity (Wildman–Crippen MR) is 104 cm³/mol. The highest BCUT2D eigenvalue weighted by atomic mass is 16.4. The highest BCUT2D eigenvalue weighted by molar-refractivity contribution is 5.66. The van der Waals surface area contributed by atoms with Crippen molar-refractivity contribution in [1.29, 1.82) is 0 Å². The molecule has 0 aromatic carbocycles. The molecule has 0 saturated heterocycles. The van der Waals surface area contributed by atoms with Gasteiger partial charge in [-0.3, -0.25) is 4.79 Å². The van der Waals surface area contributed by atoms with Crippen LogP contribution in [0.1, 0.15) is 96.8 Å². The molecule has 0 aliphatic carbocycles. The first-order chi connectivity index (χ1) is 12.5. The van der Waals surface area contributed by atoms with Crippen molar-refractivity contribution in [2.75, 3.05) is 13.2 Å². The van der Waals surface area contributed by atoms with Crippen LogP contribution in [0.5, 0.6) is 0 Å². The van der Waals surface area contributed by atoms with Crippen molar-refractivity contribution in [2.45, 2.75) is 109 Å². The van der Waals surface area contributed by atoms with Gasteiger partial charge in [-0.1, -0.05) is 84.0 Å². The minimum absolute atomic E-state index is 0.345. The van der Waals surface area contributed by atoms with E-state index >= 15 is 0 Å². The van der Waals surface area contributed by atoms with Crippen LogP contribution in [0.3, 0.4) is 0 Å². The van der Waals surface area contributed by atoms with Crippen molar-refractivity contribution in [3.8, 4) is 0 Å². The molecule has 0 aliphatic heterocycles. The van der Waals surface area contributed by atoms with Crippen molar-refractivity contribution in [2.24, 2.45) is 0 Å². The van der Waals surface area contributed by atoms with E-state index in [0.717, 1.165) is 12.8 Å². The quantitative estimate of drug-likeness (QED) is 0.248. The molecule has 0 aromatic rings. The molecular formula is C20H42O6. The molecule has 5 N–H and O–H groups in total. The van der Waals surface area contributed by atoms with Crippen molar-refractivity contribution in [3.63, 3.8) is 0 Å². The summed E-state index contributed by atoms with van der Waals surface area (Å²) in [6.45, 7) is 1.21. The Kier molecular flexibility index (Phi) is 23.7. The number of rotatable bonds is 17. The summed E-state index contributed by atoms with van der Waals surface area (Å²) in [7, 11) is 0. The number of carboxylic acids is 1. The van der Waals surface area contributed by atoms with E-state index in [9.17, 15) is 4.79 Å². The molecule has 6 nitrogen and oxygen atoms in total. The third-order valence-electron chi connectivity index (χ3n) is 4.31. The van der Waals surface area contributed by atoms with Gasteiger partial charge in [0.1, 0.15) is 12.2 Å². The summed E-state index contributed by atoms with van der Waals surface area (Å²) in [5.74, 6) is -0.655. The molecule has 0 aliphatic rings. The maximum atomic E-state index is 10.3. The monoisotopic (exact) mass is 378 g/mol. The number of hydrogen-bond acceptors (Lipinski definition) is 5. The van der Waals surface area contributed by atoms with Crippen molar-refractivity contribution < 1.29 is 30.3 Å². The van der Waals surface area contributed by atoms with E-state index in [1.54, 1.807) is 0 Å². The van der Waals surface area contributed by atoms with Gasteiger partial charge in [0.05, 0.1) is 13.2 Å². The zero-order valence-corrected chi connectivity index (χ0v) is 16.6. The standard InChI is InChI=1S/C16H32O2.C4H10O4/c1-2-3-4-5-6-7-8-9-10-11-12-13-14-15-16(17)18;5-1-3(7)4(8)2-6/h2-15H2,1H3,(H,17,18);3-8H,1-2H2. The Hall–Kier alpha value is -0.690. The summed E-state index contributed by atoms with van der Waals surface area (Å²) < 4.78 is 0. The number of carboxylic acid groups (broad SMARTS) is 1. The average Bonchev–Trinajstić information content (AvgIpc) is 2.64. The Morgan fingerprint density at radius 2 is 0.962 bits per heavy atom. The first-order valence-corrected chi connectivity index (χ1v) is 10.3. The first kappa shape index (κ1) is 27.5. The summed E-state index contributed by atoms with van der Waals surface area (Å²) in [6.07, 6.45) is 14.8. The van der Waals surface area contributed by atoms with Gasteiger partial charge in [-0.05, 0) is 6.42 Å². The lowest BCUT2D eigenvalue weighted by atomic mass is 10.0. The second-order valence-electron chi connectivity index (χ2n) is 6.89. The van der Waals surface area contributed by atoms with Crippen LogP contribution in [0.2, 0.25) is 0 Å². The number of aliphatic hydroxyl groups excluding tert-OH is 4. The maximum Gasteiger partial charge on any atom is 0.303 e. The van der Waals surface area contributed by atoms with Gasteiger partial charge in [-0.2, -0.15) is 0 Å². The van der Waals surface area contributed by atoms with Crippen LogP contribution < -0.4 is 0 Å². The van der Waals surface area contributed by atoms with Gasteiger partial charge < -0.3 is 25.5 Å². The zero-order valence-electron chi connectivity index (χ0n) is 16.6. The molecule has 0 rings (SSSR count). The van der Waals surface area contributed by atoms with Crippen LogP contribution in [0, 0.1) is 0 Å². The third-order valence-corrected chi connectivity index (χ3v) is 4.31. The highest BCUT2D eigenvalue weighted by Crippen LogP contribution is 2.12. The molecule has 0 saturated carbocycles. The molecule has 0 fully saturated rings. The Balaban J connectivity index is 0. The van der Waals surface area contributed by atoms with Gasteiger partial charge in [0, 0.05) is 6.42 Å². The molecule has 0 bridgehead atoms. The van der Waals surface area contributed by atoms with Gasteiger partial charge in [-0.25, -0.2) is 0 Å². The largest absolute Gasteiger partial charge is 0.481 e. The number of hydrogen-bond donors (Lipinski definition) is 5. The molecule has 6 heteroatoms. The van der Waals surface area contributed by atoms with Crippen LogP contribution in [-0.2, 0) is 4.79 Å². The van der Waals surface area contributed by atoms with E-state index < -0.39 is 31.4 Å². The van der Waals surface area contributed by atoms with Crippen molar-refractivity contribution in [3.05, 3.63) is 0 Å². The van der Waals surface area contributed by atoms with Crippen LogP contribution in [0.15, 0.2) is 0 Å². The second kappa shape index (κ2) is 22.4. The Labute approximate surface area is 159 Å². The summed E-state index contributed by atoms with van der Waals surface area (Å²) in [4.78, 5) is 10.3. The lowest BCUT2D eigenvalue weighted by Crippen LogP contribution is -2.31. The molecule has 158 valence electrons. The number of aliphatic carboxylic acids is 1. The fraction of sp³-hybridized carbons (Fsp3) is 0.950. The van der Waals surface area contributed by atoms with Crippen LogP contribution in [-0.4, -0.2) is 56.9 Å². The lowest BCUT2D eigenvalue weighted by Gasteiger charge is -2.10. The van der Waals surface area contributed by atoms with E-state index in [1.165, 1.54) is 70.6 Å². The van der Waals surface area contributed by atoms with Gasteiger partial charge in [0.2, 0.25) is 0 Å². The van der Waals surface area contributed by atoms with E-state index in [-0.39, 0.29) is 0 Å². The molecule has 0 spiro atoms. The van der Waals surface area contributed by atoms with Crippen molar-refractivity contribution >= 4 is 5.97 Å². The van der Waals surface area contributed by atoms with Gasteiger partial charge in [-0.15, -0.1) is 0 Å². The molecule has 2 unspecified atom stereocenters. The van der Waals surface area contributed by atoms with Gasteiger partial charge in [0.25, 0.3) is 0 Å². The van der Waals surface area contributed by atoms with E-state index in [4.69, 9.17) is 25.5 Å². The Bertz CT molecular complexity index is 277.